The number of carbonyl (C=O) groups excluding carboxylic acids is 1. The largest absolute Gasteiger partial charge is 0.357 e. The van der Waals surface area contributed by atoms with Crippen LogP contribution in [0.15, 0.2) is 17.0 Å². The molecule has 1 saturated carbocycles. The van der Waals surface area contributed by atoms with Crippen LogP contribution in [0, 0.1) is 5.92 Å². The molecule has 1 aromatic rings. The second-order valence-electron chi connectivity index (χ2n) is 5.68. The number of carbonyl (C=O) groups is 1. The van der Waals surface area contributed by atoms with Crippen molar-refractivity contribution in [2.75, 3.05) is 11.9 Å². The number of anilines is 1. The molecule has 0 bridgehead atoms. The molecule has 1 aromatic heterocycles. The van der Waals surface area contributed by atoms with Gasteiger partial charge in [-0.3, -0.25) is 4.79 Å². The smallest absolute Gasteiger partial charge is 0.233 e. The average Bonchev–Trinajstić information content (AvgIpc) is 2.94. The van der Waals surface area contributed by atoms with Gasteiger partial charge >= 0.3 is 0 Å². The molecule has 0 saturated heterocycles. The Labute approximate surface area is 140 Å². The fraction of sp³-hybridized carbons (Fsp3) is 0.667. The Hall–Kier alpha value is -1.08. The van der Waals surface area contributed by atoms with Crippen molar-refractivity contribution in [2.24, 2.45) is 5.92 Å². The maximum atomic E-state index is 12.3. The summed E-state index contributed by atoms with van der Waals surface area (Å²) in [6, 6.07) is 0.323. The summed E-state index contributed by atoms with van der Waals surface area (Å²) in [6.07, 6.45) is 6.57. The summed E-state index contributed by atoms with van der Waals surface area (Å²) in [6.45, 7) is 8.46. The van der Waals surface area contributed by atoms with E-state index in [1.165, 1.54) is 42.4 Å². The summed E-state index contributed by atoms with van der Waals surface area (Å²) in [5.41, 5.74) is 0. The van der Waals surface area contributed by atoms with Crippen LogP contribution in [0.1, 0.15) is 39.5 Å². The van der Waals surface area contributed by atoms with E-state index in [2.05, 4.69) is 34.3 Å². The van der Waals surface area contributed by atoms with Gasteiger partial charge in [-0.05, 0) is 25.7 Å². The third kappa shape index (κ3) is 4.98. The lowest BCUT2D eigenvalue weighted by Gasteiger charge is -2.30. The van der Waals surface area contributed by atoms with Crippen molar-refractivity contribution < 1.29 is 4.79 Å². The monoisotopic (exact) mass is 340 g/mol. The van der Waals surface area contributed by atoms with Gasteiger partial charge in [0.2, 0.25) is 11.0 Å². The third-order valence-corrected chi connectivity index (χ3v) is 5.96. The molecular weight excluding hydrogens is 316 g/mol. The van der Waals surface area contributed by atoms with Crippen molar-refractivity contribution in [1.29, 1.82) is 0 Å². The molecule has 7 heteroatoms. The minimum absolute atomic E-state index is 0.0968. The van der Waals surface area contributed by atoms with E-state index in [1.807, 2.05) is 6.92 Å². The molecule has 1 aliphatic carbocycles. The van der Waals surface area contributed by atoms with Crippen LogP contribution in [0.3, 0.4) is 0 Å². The molecule has 0 unspecified atom stereocenters. The zero-order chi connectivity index (χ0) is 15.9. The lowest BCUT2D eigenvalue weighted by molar-refractivity contribution is -0.121. The topological polar surface area (TPSA) is 66.9 Å². The summed E-state index contributed by atoms with van der Waals surface area (Å²) in [4.78, 5) is 12.3. The predicted octanol–water partition coefficient (Wildman–Crippen LogP) is 3.31. The molecule has 1 fully saturated rings. The van der Waals surface area contributed by atoms with E-state index in [1.54, 1.807) is 6.08 Å². The molecule has 0 radical (unpaired) electrons. The number of amides is 1. The van der Waals surface area contributed by atoms with E-state index in [0.717, 1.165) is 15.9 Å². The molecule has 1 amide bonds. The van der Waals surface area contributed by atoms with E-state index in [4.69, 9.17) is 0 Å². The average molecular weight is 341 g/mol. The quantitative estimate of drug-likeness (QED) is 0.589. The molecule has 5 nitrogen and oxygen atoms in total. The summed E-state index contributed by atoms with van der Waals surface area (Å²) >= 11 is 2.93. The highest BCUT2D eigenvalue weighted by Crippen LogP contribution is 2.29. The van der Waals surface area contributed by atoms with Crippen LogP contribution in [0.5, 0.6) is 0 Å². The van der Waals surface area contributed by atoms with Crippen molar-refractivity contribution in [1.82, 2.24) is 15.5 Å². The number of thioether (sulfide) groups is 1. The standard InChI is InChI=1S/C15H24N4OS2/c1-4-9-16-14-18-19-15(22-14)21-11(3)13(20)17-12-8-6-5-7-10(12)2/h4,10-12H,1,5-9H2,2-3H3,(H,16,18)(H,17,20)/t10-,11+,12-/m0/s1. The first-order valence-electron chi connectivity index (χ1n) is 7.75. The Morgan fingerprint density at radius 2 is 2.27 bits per heavy atom. The Morgan fingerprint density at radius 3 is 3.00 bits per heavy atom. The van der Waals surface area contributed by atoms with Gasteiger partial charge in [-0.2, -0.15) is 0 Å². The van der Waals surface area contributed by atoms with Gasteiger partial charge in [0.25, 0.3) is 0 Å². The third-order valence-electron chi connectivity index (χ3n) is 3.89. The first-order valence-corrected chi connectivity index (χ1v) is 9.45. The van der Waals surface area contributed by atoms with Crippen LogP contribution in [0.2, 0.25) is 0 Å². The van der Waals surface area contributed by atoms with Gasteiger partial charge in [0.05, 0.1) is 5.25 Å². The maximum Gasteiger partial charge on any atom is 0.233 e. The number of nitrogens with zero attached hydrogens (tertiary/aromatic N) is 2. The van der Waals surface area contributed by atoms with Gasteiger partial charge in [-0.15, -0.1) is 16.8 Å². The lowest BCUT2D eigenvalue weighted by atomic mass is 9.86. The molecule has 2 rings (SSSR count). The molecule has 1 aliphatic rings. The molecular formula is C15H24N4OS2. The minimum atomic E-state index is -0.158. The van der Waals surface area contributed by atoms with Crippen LogP contribution < -0.4 is 10.6 Å². The highest BCUT2D eigenvalue weighted by Gasteiger charge is 2.25. The van der Waals surface area contributed by atoms with Crippen molar-refractivity contribution in [3.8, 4) is 0 Å². The van der Waals surface area contributed by atoms with Gasteiger partial charge < -0.3 is 10.6 Å². The molecule has 122 valence electrons. The number of rotatable bonds is 7. The highest BCUT2D eigenvalue weighted by atomic mass is 32.2. The number of nitrogens with one attached hydrogen (secondary N) is 2. The Bertz CT molecular complexity index is 505. The summed E-state index contributed by atoms with van der Waals surface area (Å²) in [7, 11) is 0. The van der Waals surface area contributed by atoms with Crippen LogP contribution in [0.4, 0.5) is 5.13 Å². The van der Waals surface area contributed by atoms with E-state index in [9.17, 15) is 4.79 Å². The second-order valence-corrected chi connectivity index (χ2v) is 8.25. The Balaban J connectivity index is 1.82. The second kappa shape index (κ2) is 8.53. The molecule has 0 aliphatic heterocycles. The summed E-state index contributed by atoms with van der Waals surface area (Å²) in [5, 5.41) is 15.1. The van der Waals surface area contributed by atoms with Crippen molar-refractivity contribution >= 4 is 34.1 Å². The van der Waals surface area contributed by atoms with Crippen molar-refractivity contribution in [3.05, 3.63) is 12.7 Å². The molecule has 0 aromatic carbocycles. The van der Waals surface area contributed by atoms with Crippen LogP contribution in [0.25, 0.3) is 0 Å². The molecule has 2 N–H and O–H groups in total. The molecule has 1 heterocycles. The SMILES string of the molecule is C=CCNc1nnc(S[C@H](C)C(=O)N[C@H]2CCCC[C@@H]2C)s1. The molecule has 3 atom stereocenters. The van der Waals surface area contributed by atoms with E-state index >= 15 is 0 Å². The zero-order valence-corrected chi connectivity index (χ0v) is 14.8. The van der Waals surface area contributed by atoms with E-state index in [-0.39, 0.29) is 11.2 Å². The first kappa shape index (κ1) is 17.3. The van der Waals surface area contributed by atoms with E-state index < -0.39 is 0 Å². The van der Waals surface area contributed by atoms with Crippen LogP contribution in [-0.2, 0) is 4.79 Å². The summed E-state index contributed by atoms with van der Waals surface area (Å²) < 4.78 is 0.811. The number of hydrogen-bond donors (Lipinski definition) is 2. The fourth-order valence-corrected chi connectivity index (χ4v) is 4.44. The van der Waals surface area contributed by atoms with Gasteiger partial charge in [0.15, 0.2) is 4.34 Å². The summed E-state index contributed by atoms with van der Waals surface area (Å²) in [5.74, 6) is 0.672. The Kier molecular flexibility index (Phi) is 6.70. The van der Waals surface area contributed by atoms with E-state index in [0.29, 0.717) is 18.5 Å². The van der Waals surface area contributed by atoms with Crippen LogP contribution >= 0.6 is 23.1 Å². The molecule has 0 spiro atoms. The van der Waals surface area contributed by atoms with Crippen molar-refractivity contribution in [3.63, 3.8) is 0 Å². The van der Waals surface area contributed by atoms with Gasteiger partial charge in [0, 0.05) is 12.6 Å². The maximum absolute atomic E-state index is 12.3. The lowest BCUT2D eigenvalue weighted by Crippen LogP contribution is -2.44. The zero-order valence-electron chi connectivity index (χ0n) is 13.2. The van der Waals surface area contributed by atoms with Gasteiger partial charge in [-0.1, -0.05) is 48.9 Å². The Morgan fingerprint density at radius 1 is 1.50 bits per heavy atom. The fourth-order valence-electron chi connectivity index (χ4n) is 2.52. The van der Waals surface area contributed by atoms with Crippen molar-refractivity contribution in [2.45, 2.75) is 55.2 Å². The normalized spacial score (nSPS) is 22.8. The van der Waals surface area contributed by atoms with Gasteiger partial charge in [0.1, 0.15) is 0 Å². The number of hydrogen-bond acceptors (Lipinski definition) is 6. The highest BCUT2D eigenvalue weighted by molar-refractivity contribution is 8.02. The molecule has 22 heavy (non-hydrogen) atoms. The minimum Gasteiger partial charge on any atom is -0.357 e. The number of aromatic nitrogens is 2. The predicted molar refractivity (Wildman–Crippen MR) is 93.5 cm³/mol. The van der Waals surface area contributed by atoms with Gasteiger partial charge in [-0.25, -0.2) is 0 Å². The first-order chi connectivity index (χ1) is 10.6. The van der Waals surface area contributed by atoms with Crippen LogP contribution in [-0.4, -0.2) is 33.9 Å².